The molecule has 204 valence electrons. The van der Waals surface area contributed by atoms with E-state index in [0.29, 0.717) is 22.1 Å². The van der Waals surface area contributed by atoms with Crippen molar-refractivity contribution in [2.45, 2.75) is 23.5 Å². The fourth-order valence-corrected chi connectivity index (χ4v) is 5.60. The van der Waals surface area contributed by atoms with Gasteiger partial charge in [0.25, 0.3) is 11.8 Å². The van der Waals surface area contributed by atoms with E-state index in [-0.39, 0.29) is 17.3 Å². The number of hydrogen-bond donors (Lipinski definition) is 3. The summed E-state index contributed by atoms with van der Waals surface area (Å²) in [5.74, 6) is -1.75. The summed E-state index contributed by atoms with van der Waals surface area (Å²) in [7, 11) is 0. The third kappa shape index (κ3) is 8.14. The summed E-state index contributed by atoms with van der Waals surface area (Å²) in [6.07, 6.45) is 2.13. The van der Waals surface area contributed by atoms with E-state index >= 15 is 0 Å². The molecule has 0 saturated carbocycles. The zero-order valence-electron chi connectivity index (χ0n) is 21.3. The Hall–Kier alpha value is -3.73. The molecule has 40 heavy (non-hydrogen) atoms. The van der Waals surface area contributed by atoms with Gasteiger partial charge in [0.15, 0.2) is 0 Å². The number of amides is 3. The predicted octanol–water partition coefficient (Wildman–Crippen LogP) is 7.57. The highest BCUT2D eigenvalue weighted by molar-refractivity contribution is 9.10. The highest BCUT2D eigenvalue weighted by atomic mass is 79.9. The average Bonchev–Trinajstić information content (AvgIpc) is 3.46. The fourth-order valence-electron chi connectivity index (χ4n) is 3.59. The lowest BCUT2D eigenvalue weighted by molar-refractivity contribution is -0.116. The molecule has 3 N–H and O–H groups in total. The van der Waals surface area contributed by atoms with Gasteiger partial charge in [-0.25, -0.2) is 4.39 Å². The Bertz CT molecular complexity index is 1530. The number of benzene rings is 3. The average molecular weight is 639 g/mol. The Kier molecular flexibility index (Phi) is 10.3. The van der Waals surface area contributed by atoms with Crippen molar-refractivity contribution >= 4 is 74.2 Å². The normalized spacial score (nSPS) is 11.9. The molecule has 6 nitrogen and oxygen atoms in total. The van der Waals surface area contributed by atoms with E-state index in [1.54, 1.807) is 54.6 Å². The van der Waals surface area contributed by atoms with Gasteiger partial charge in [-0.15, -0.1) is 23.1 Å². The Labute approximate surface area is 248 Å². The summed E-state index contributed by atoms with van der Waals surface area (Å²) in [5, 5.41) is 9.60. The molecule has 0 saturated heterocycles. The smallest absolute Gasteiger partial charge is 0.272 e. The summed E-state index contributed by atoms with van der Waals surface area (Å²) in [4.78, 5) is 40.5. The minimum Gasteiger partial charge on any atom is -0.323 e. The lowest BCUT2D eigenvalue weighted by Gasteiger charge is -2.16. The van der Waals surface area contributed by atoms with Crippen molar-refractivity contribution in [2.75, 3.05) is 10.6 Å². The number of thioether (sulfide) groups is 1. The molecule has 1 atom stereocenters. The molecule has 3 amide bonds. The highest BCUT2D eigenvalue weighted by Gasteiger charge is 2.20. The summed E-state index contributed by atoms with van der Waals surface area (Å²) >= 11 is 5.96. The zero-order chi connectivity index (χ0) is 28.5. The van der Waals surface area contributed by atoms with Crippen LogP contribution in [0.1, 0.15) is 28.6 Å². The van der Waals surface area contributed by atoms with Gasteiger partial charge in [0, 0.05) is 25.5 Å². The van der Waals surface area contributed by atoms with Crippen LogP contribution in [0.2, 0.25) is 0 Å². The van der Waals surface area contributed by atoms with E-state index in [9.17, 15) is 18.8 Å². The summed E-state index contributed by atoms with van der Waals surface area (Å²) < 4.78 is 14.8. The highest BCUT2D eigenvalue weighted by Crippen LogP contribution is 2.29. The molecule has 0 aliphatic carbocycles. The van der Waals surface area contributed by atoms with Crippen molar-refractivity contribution in [3.05, 3.63) is 117 Å². The van der Waals surface area contributed by atoms with Crippen molar-refractivity contribution in [2.24, 2.45) is 0 Å². The maximum atomic E-state index is 14.2. The number of carbonyl (C=O) groups excluding carboxylic acids is 3. The molecule has 3 aromatic carbocycles. The SMILES string of the molecule is CCC(Sc1cccc(NC(=O)/C(=C/c2cccs2)NC(=O)c2ccccc2)c1)C(=O)Nc1ccc(Br)cc1F. The maximum absolute atomic E-state index is 14.2. The van der Waals surface area contributed by atoms with Crippen LogP contribution in [0, 0.1) is 5.82 Å². The lowest BCUT2D eigenvalue weighted by atomic mass is 10.2. The first-order valence-electron chi connectivity index (χ1n) is 12.3. The minimum atomic E-state index is -0.530. The second kappa shape index (κ2) is 14.1. The first-order valence-corrected chi connectivity index (χ1v) is 14.8. The second-order valence-electron chi connectivity index (χ2n) is 8.50. The van der Waals surface area contributed by atoms with Gasteiger partial charge in [0.1, 0.15) is 11.5 Å². The zero-order valence-corrected chi connectivity index (χ0v) is 24.5. The van der Waals surface area contributed by atoms with Crippen LogP contribution in [0.15, 0.2) is 105 Å². The molecule has 0 aliphatic rings. The van der Waals surface area contributed by atoms with Crippen LogP contribution in [-0.2, 0) is 9.59 Å². The fraction of sp³-hybridized carbons (Fsp3) is 0.100. The molecule has 1 heterocycles. The Morgan fingerprint density at radius 1 is 0.975 bits per heavy atom. The van der Waals surface area contributed by atoms with E-state index in [2.05, 4.69) is 31.9 Å². The third-order valence-electron chi connectivity index (χ3n) is 5.58. The summed E-state index contributed by atoms with van der Waals surface area (Å²) in [5.41, 5.74) is 1.13. The number of carbonyl (C=O) groups is 3. The molecule has 10 heteroatoms. The molecular weight excluding hydrogens is 613 g/mol. The van der Waals surface area contributed by atoms with E-state index in [1.807, 2.05) is 36.6 Å². The van der Waals surface area contributed by atoms with Gasteiger partial charge in [-0.2, -0.15) is 0 Å². The molecule has 1 aromatic heterocycles. The van der Waals surface area contributed by atoms with Crippen LogP contribution < -0.4 is 16.0 Å². The largest absolute Gasteiger partial charge is 0.323 e. The molecule has 0 radical (unpaired) electrons. The summed E-state index contributed by atoms with van der Waals surface area (Å²) in [6, 6.07) is 23.9. The van der Waals surface area contributed by atoms with Gasteiger partial charge in [-0.1, -0.05) is 53.2 Å². The van der Waals surface area contributed by atoms with E-state index in [0.717, 1.165) is 9.77 Å². The van der Waals surface area contributed by atoms with Gasteiger partial charge in [-0.3, -0.25) is 14.4 Å². The Balaban J connectivity index is 1.47. The molecule has 4 rings (SSSR count). The molecule has 0 bridgehead atoms. The number of anilines is 2. The number of halogens is 2. The van der Waals surface area contributed by atoms with Crippen LogP contribution in [0.25, 0.3) is 6.08 Å². The minimum absolute atomic E-state index is 0.0942. The number of rotatable bonds is 10. The van der Waals surface area contributed by atoms with Crippen molar-refractivity contribution in [1.29, 1.82) is 0 Å². The van der Waals surface area contributed by atoms with E-state index < -0.39 is 22.9 Å². The number of hydrogen-bond acceptors (Lipinski definition) is 5. The van der Waals surface area contributed by atoms with Crippen LogP contribution in [-0.4, -0.2) is 23.0 Å². The van der Waals surface area contributed by atoms with Crippen LogP contribution in [0.4, 0.5) is 15.8 Å². The molecule has 4 aromatic rings. The monoisotopic (exact) mass is 637 g/mol. The standard InChI is InChI=1S/C30H25BrFN3O3S2/c1-2-27(30(38)34-25-14-13-20(31)16-24(25)32)40-23-11-6-10-21(17-23)33-29(37)26(18-22-12-7-15-39-22)35-28(36)19-8-4-3-5-9-19/h3-18,27H,2H2,1H3,(H,33,37)(H,34,38)(H,35,36)/b26-18-. The lowest BCUT2D eigenvalue weighted by Crippen LogP contribution is -2.30. The Morgan fingerprint density at radius 2 is 1.77 bits per heavy atom. The van der Waals surface area contributed by atoms with Crippen molar-refractivity contribution < 1.29 is 18.8 Å². The molecule has 0 fully saturated rings. The Morgan fingerprint density at radius 3 is 2.48 bits per heavy atom. The number of thiophene rings is 1. The van der Waals surface area contributed by atoms with Crippen LogP contribution in [0.5, 0.6) is 0 Å². The maximum Gasteiger partial charge on any atom is 0.272 e. The van der Waals surface area contributed by atoms with E-state index in [4.69, 9.17) is 0 Å². The quantitative estimate of drug-likeness (QED) is 0.124. The van der Waals surface area contributed by atoms with Crippen molar-refractivity contribution in [3.63, 3.8) is 0 Å². The second-order valence-corrected chi connectivity index (χ2v) is 11.7. The third-order valence-corrected chi connectivity index (χ3v) is 8.25. The van der Waals surface area contributed by atoms with Crippen LogP contribution >= 0.6 is 39.0 Å². The van der Waals surface area contributed by atoms with Gasteiger partial charge in [-0.05, 0) is 72.5 Å². The first-order chi connectivity index (χ1) is 19.3. The van der Waals surface area contributed by atoms with Crippen molar-refractivity contribution in [3.8, 4) is 0 Å². The topological polar surface area (TPSA) is 87.3 Å². The summed E-state index contributed by atoms with van der Waals surface area (Å²) in [6.45, 7) is 1.87. The molecule has 0 aliphatic heterocycles. The number of nitrogens with one attached hydrogen (secondary N) is 3. The van der Waals surface area contributed by atoms with E-state index in [1.165, 1.54) is 35.2 Å². The van der Waals surface area contributed by atoms with Gasteiger partial charge >= 0.3 is 0 Å². The predicted molar refractivity (Wildman–Crippen MR) is 164 cm³/mol. The van der Waals surface area contributed by atoms with Gasteiger partial charge in [0.2, 0.25) is 5.91 Å². The van der Waals surface area contributed by atoms with Crippen molar-refractivity contribution in [1.82, 2.24) is 5.32 Å². The molecule has 1 unspecified atom stereocenters. The van der Waals surface area contributed by atoms with Crippen LogP contribution in [0.3, 0.4) is 0 Å². The van der Waals surface area contributed by atoms with Gasteiger partial charge < -0.3 is 16.0 Å². The first kappa shape index (κ1) is 29.3. The molecular formula is C30H25BrFN3O3S2. The van der Waals surface area contributed by atoms with Gasteiger partial charge in [0.05, 0.1) is 10.9 Å². The molecule has 0 spiro atoms.